The van der Waals surface area contributed by atoms with E-state index in [1.165, 1.54) is 57.9 Å². The Bertz CT molecular complexity index is 5260. The van der Waals surface area contributed by atoms with Gasteiger partial charge in [0.15, 0.2) is 11.7 Å². The number of nitrogens with zero attached hydrogens (tertiary/aromatic N) is 6. The summed E-state index contributed by atoms with van der Waals surface area (Å²) in [6.07, 6.45) is 3.25. The van der Waals surface area contributed by atoms with Crippen molar-refractivity contribution >= 4 is 146 Å². The minimum atomic E-state index is -1.92. The first kappa shape index (κ1) is 108. The van der Waals surface area contributed by atoms with Crippen LogP contribution in [0.2, 0.25) is 0 Å². The van der Waals surface area contributed by atoms with Gasteiger partial charge in [0.25, 0.3) is 0 Å². The smallest absolute Gasteiger partial charge is 0.303 e. The number of hydrogen-bond donors (Lipinski definition) is 20. The van der Waals surface area contributed by atoms with Gasteiger partial charge in [0.2, 0.25) is 94.5 Å². The fraction of sp³-hybridized carbons (Fsp3) is 0.522. The van der Waals surface area contributed by atoms with Gasteiger partial charge in [-0.3, -0.25) is 91.7 Å². The molecule has 0 radical (unpaired) electrons. The standard InChI is InChI=1S/C92H129N23O21S/c1-9-11-24-71-84(129)104-63(23-17-33-98-92(95)96)81(126)110-70(80(125)101-45-76(94)120)48-137-49-77(121)103-66(36-52-27-29-57(117)30-28-52)88(133)112(6)72(31-32-78(122)123)85(130)108-68(41-75(93)119)90(135)115-34-18-26-73(115)86(131)105-64(40-56-44-97-50-102-56)82(127)106-65(35-51(3)4)87(132)111(5)46-58(118)38-53(37-54-42-99-61-21-15-13-19-59(54)61)79(124)109-69(47-116)83(128)107-67(39-55-43-100-62-22-16-14-20-60(55)62)89(134)114(8)74(25-12-10-2)91(136)113(71)7/h13-16,19-22,27-30,42-44,50-51,53,63-74,99-100,116-117H,9-12,17-18,23-26,31-41,45-49H2,1-8H3,(H2,93,119)(H2,94,120)(H,97,102)(H,101,125)(H,103,121)(H,104,129)(H,105,131)(H,106,127)(H,107,128)(H,108,130)(H,109,124)(H,110,126)(H,122,123)(H4,95,96,98)/t53-,63+,64+,65+,66+,67+,68+,69+,70+,71+,72+,73+,74+/m1/s1. The number of aliphatic carboxylic acids is 1. The Morgan fingerprint density at radius 3 is 1.71 bits per heavy atom. The summed E-state index contributed by atoms with van der Waals surface area (Å²) in [7, 11) is 5.08. The molecule has 744 valence electrons. The average Bonchev–Trinajstić information content (AvgIpc) is 1.80. The number of aromatic nitrogens is 4. The van der Waals surface area contributed by atoms with Crippen molar-refractivity contribution in [3.63, 3.8) is 0 Å². The fourth-order valence-electron chi connectivity index (χ4n) is 16.6. The van der Waals surface area contributed by atoms with E-state index >= 15 is 33.6 Å². The quantitative estimate of drug-likeness (QED) is 0.0144. The van der Waals surface area contributed by atoms with Gasteiger partial charge in [0.05, 0.1) is 38.2 Å². The predicted molar refractivity (Wildman–Crippen MR) is 504 cm³/mol. The number of phenols is 1. The van der Waals surface area contributed by atoms with Crippen LogP contribution in [0.4, 0.5) is 0 Å². The Morgan fingerprint density at radius 2 is 1.12 bits per heavy atom. The van der Waals surface area contributed by atoms with E-state index in [0.717, 1.165) is 31.5 Å². The van der Waals surface area contributed by atoms with Crippen LogP contribution in [0.3, 0.4) is 0 Å². The average molecular weight is 1930 g/mol. The number of thioether (sulfide) groups is 1. The number of imidazole rings is 1. The highest BCUT2D eigenvalue weighted by molar-refractivity contribution is 8.00. The van der Waals surface area contributed by atoms with E-state index in [1.807, 2.05) is 13.8 Å². The van der Waals surface area contributed by atoms with Crippen LogP contribution in [0, 0.1) is 17.2 Å². The summed E-state index contributed by atoms with van der Waals surface area (Å²) in [4.78, 5) is 281. The van der Waals surface area contributed by atoms with Crippen molar-refractivity contribution in [2.45, 2.75) is 222 Å². The number of aromatic hydroxyl groups is 1. The molecule has 0 saturated carbocycles. The van der Waals surface area contributed by atoms with Crippen LogP contribution < -0.4 is 70.4 Å². The number of nitrogens with two attached hydrogens (primary N) is 3. The number of ketones is 1. The highest BCUT2D eigenvalue weighted by Gasteiger charge is 2.45. The van der Waals surface area contributed by atoms with Crippen LogP contribution >= 0.6 is 11.8 Å². The van der Waals surface area contributed by atoms with Gasteiger partial charge in [-0.05, 0) is 105 Å². The van der Waals surface area contributed by atoms with Crippen LogP contribution in [0.1, 0.15) is 146 Å². The first-order chi connectivity index (χ1) is 65.2. The minimum absolute atomic E-state index is 0.0106. The summed E-state index contributed by atoms with van der Waals surface area (Å²) in [6, 6.07) is 0.319. The second kappa shape index (κ2) is 52.8. The monoisotopic (exact) mass is 1920 g/mol. The number of Topliss-reactive ketones (excluding diaryl/α,β-unsaturated/α-hetero) is 1. The van der Waals surface area contributed by atoms with Crippen LogP contribution in [0.25, 0.3) is 21.8 Å². The number of carboxylic acids is 1. The number of phenolic OH excluding ortho intramolecular Hbond substituents is 1. The molecule has 0 spiro atoms. The van der Waals surface area contributed by atoms with Crippen molar-refractivity contribution in [2.24, 2.45) is 29.0 Å². The molecule has 44 nitrogen and oxygen atoms in total. The number of rotatable bonds is 29. The van der Waals surface area contributed by atoms with Gasteiger partial charge in [-0.1, -0.05) is 102 Å². The molecule has 45 heteroatoms. The molecule has 2 saturated heterocycles. The number of fused-ring (bicyclic) bond motifs is 3. The zero-order valence-electron chi connectivity index (χ0n) is 78.2. The Kier molecular flexibility index (Phi) is 41.7. The maximum atomic E-state index is 15.7. The summed E-state index contributed by atoms with van der Waals surface area (Å²) in [5.41, 5.74) is 19.8. The molecule has 23 N–H and O–H groups in total. The lowest BCUT2D eigenvalue weighted by Gasteiger charge is -2.36. The molecule has 8 rings (SSSR count). The third kappa shape index (κ3) is 32.1. The lowest BCUT2D eigenvalue weighted by Crippen LogP contribution is -2.61. The first-order valence-corrected chi connectivity index (χ1v) is 46.8. The van der Waals surface area contributed by atoms with Crippen LogP contribution in [-0.4, -0.2) is 317 Å². The number of para-hydroxylation sites is 2. The van der Waals surface area contributed by atoms with Gasteiger partial charge in [-0.15, -0.1) is 11.8 Å². The predicted octanol–water partition coefficient (Wildman–Crippen LogP) is -1.50. The number of carboxylic acid groups (broad SMARTS) is 1. The van der Waals surface area contributed by atoms with E-state index in [0.29, 0.717) is 81.6 Å². The van der Waals surface area contributed by atoms with E-state index in [2.05, 4.69) is 73.1 Å². The first-order valence-electron chi connectivity index (χ1n) is 45.7. The molecule has 16 amide bonds. The molecule has 13 atom stereocenters. The maximum Gasteiger partial charge on any atom is 0.303 e. The molecule has 2 fully saturated rings. The highest BCUT2D eigenvalue weighted by Crippen LogP contribution is 2.28. The number of primary amides is 2. The number of H-pyrrole nitrogens is 3. The third-order valence-electron chi connectivity index (χ3n) is 23.9. The van der Waals surface area contributed by atoms with Gasteiger partial charge in [-0.2, -0.15) is 0 Å². The van der Waals surface area contributed by atoms with E-state index in [9.17, 15) is 68.1 Å². The van der Waals surface area contributed by atoms with Crippen molar-refractivity contribution < 1.29 is 102 Å². The number of unbranched alkanes of at least 4 members (excludes halogenated alkanes) is 2. The second-order valence-electron chi connectivity index (χ2n) is 34.9. The van der Waals surface area contributed by atoms with Crippen LogP contribution in [0.15, 0.2) is 97.7 Å². The Labute approximate surface area is 796 Å². The summed E-state index contributed by atoms with van der Waals surface area (Å²) in [6.45, 7) is 4.49. The summed E-state index contributed by atoms with van der Waals surface area (Å²) in [5.74, 6) is -21.1. The van der Waals surface area contributed by atoms with E-state index in [4.69, 9.17) is 22.6 Å². The van der Waals surface area contributed by atoms with Gasteiger partial charge in [0.1, 0.15) is 78.3 Å². The number of guanidine groups is 1. The summed E-state index contributed by atoms with van der Waals surface area (Å²) >= 11 is 0.712. The number of benzene rings is 3. The zero-order chi connectivity index (χ0) is 100. The Balaban J connectivity index is 1.21. The van der Waals surface area contributed by atoms with E-state index in [1.54, 1.807) is 74.8 Å². The summed E-state index contributed by atoms with van der Waals surface area (Å²) in [5, 5.41) is 66.8. The molecule has 2 aliphatic heterocycles. The molecule has 3 aromatic heterocycles. The van der Waals surface area contributed by atoms with E-state index < -0.39 is 248 Å². The molecule has 137 heavy (non-hydrogen) atoms. The Hall–Kier alpha value is -14.0. The number of carbonyl (C=O) groups is 18. The van der Waals surface area contributed by atoms with Gasteiger partial charge >= 0.3 is 5.97 Å². The number of hydrogen-bond acceptors (Lipinski definition) is 23. The number of likely N-dealkylation sites (N-methyl/N-ethyl adjacent to an activating group) is 4. The Morgan fingerprint density at radius 1 is 0.562 bits per heavy atom. The fourth-order valence-corrected chi connectivity index (χ4v) is 17.5. The lowest BCUT2D eigenvalue weighted by atomic mass is 9.92. The summed E-state index contributed by atoms with van der Waals surface area (Å²) < 4.78 is 0. The van der Waals surface area contributed by atoms with Crippen molar-refractivity contribution in [3.05, 3.63) is 120 Å². The molecular weight excluding hydrogens is 1800 g/mol. The normalized spacial score (nSPS) is 23.1. The molecule has 0 bridgehead atoms. The zero-order valence-corrected chi connectivity index (χ0v) is 79.0. The number of carbonyl (C=O) groups excluding carboxylic acids is 17. The number of nitrogens with one attached hydrogen (secondary N) is 14. The van der Waals surface area contributed by atoms with Crippen molar-refractivity contribution in [1.29, 1.82) is 5.41 Å². The molecule has 0 aliphatic carbocycles. The van der Waals surface area contributed by atoms with Crippen LogP contribution in [-0.2, 0) is 112 Å². The number of aliphatic hydroxyl groups is 1. The van der Waals surface area contributed by atoms with E-state index in [-0.39, 0.29) is 95.4 Å². The molecular formula is C92H129N23O21S. The molecule has 5 heterocycles. The molecule has 0 unspecified atom stereocenters. The van der Waals surface area contributed by atoms with Crippen LogP contribution in [0.5, 0.6) is 5.75 Å². The molecule has 2 aliphatic rings. The maximum absolute atomic E-state index is 15.7. The van der Waals surface area contributed by atoms with Gasteiger partial charge in [0, 0.05) is 131 Å². The van der Waals surface area contributed by atoms with Crippen molar-refractivity contribution in [2.75, 3.05) is 72.5 Å². The second-order valence-corrected chi connectivity index (χ2v) is 36.0. The number of aromatic amines is 3. The number of amides is 16. The minimum Gasteiger partial charge on any atom is -0.508 e. The lowest BCUT2D eigenvalue weighted by molar-refractivity contribution is -0.149. The van der Waals surface area contributed by atoms with Crippen molar-refractivity contribution in [3.8, 4) is 5.75 Å². The topological polar surface area (TPSA) is 667 Å². The molecule has 3 aromatic carbocycles. The number of aliphatic hydroxyl groups excluding tert-OH is 1. The largest absolute Gasteiger partial charge is 0.508 e. The third-order valence-corrected chi connectivity index (χ3v) is 25.0. The van der Waals surface area contributed by atoms with Crippen molar-refractivity contribution in [1.82, 2.24) is 97.6 Å². The van der Waals surface area contributed by atoms with Gasteiger partial charge < -0.3 is 125 Å². The highest BCUT2D eigenvalue weighted by atomic mass is 32.2. The SMILES string of the molecule is CCCC[C@H]1C(=O)N(C)[C@@H](CCCC)C(=O)N[C@@H](CCCNC(=N)N)C(=O)N[C@H](C(=O)NCC(N)=O)CSCC(=O)N[C@@H](Cc2ccc(O)cc2)C(=O)N(C)[C@@H](CCC(=O)O)C(=O)N[C@@H](CC(N)=O)C(=O)N2CCC[C@H]2C(=O)N[C@@H](Cc2cnc[nH]2)C(=O)N[C@@H](CC(C)C)C(=O)N(C)CC(=O)C[C@@H](Cc2c[nH]c3ccccc23)C(=O)N[C@@H](CO)C(=O)N[C@@H](Cc2c[nH]c3ccccc23)C(=O)N1C. The molecule has 6 aromatic rings. The van der Waals surface area contributed by atoms with Gasteiger partial charge in [-0.25, -0.2) is 4.98 Å².